The first kappa shape index (κ1) is 25.0. The molecular weight excluding hydrogens is 524 g/mol. The zero-order valence-electron chi connectivity index (χ0n) is 17.1. The minimum Gasteiger partial charge on any atom is -0.406 e. The lowest BCUT2D eigenvalue weighted by molar-refractivity contribution is -0.274. The Balaban J connectivity index is 0.00000341. The number of ether oxygens (including phenoxy) is 1. The summed E-state index contributed by atoms with van der Waals surface area (Å²) in [5.41, 5.74) is 7.56. The predicted molar refractivity (Wildman–Crippen MR) is 125 cm³/mol. The highest BCUT2D eigenvalue weighted by molar-refractivity contribution is 14.0. The lowest BCUT2D eigenvalue weighted by atomic mass is 10.2. The molecule has 0 atom stereocenters. The molecule has 0 saturated carbocycles. The molecule has 3 rings (SSSR count). The van der Waals surface area contributed by atoms with E-state index in [9.17, 15) is 13.2 Å². The summed E-state index contributed by atoms with van der Waals surface area (Å²) in [6, 6.07) is 9.54. The number of piperazine rings is 1. The first-order chi connectivity index (χ1) is 14.3. The second kappa shape index (κ2) is 11.4. The van der Waals surface area contributed by atoms with Crippen molar-refractivity contribution < 1.29 is 17.9 Å². The zero-order valence-corrected chi connectivity index (χ0v) is 19.4. The van der Waals surface area contributed by atoms with E-state index in [2.05, 4.69) is 36.9 Å². The van der Waals surface area contributed by atoms with E-state index in [1.165, 1.54) is 24.3 Å². The Morgan fingerprint density at radius 1 is 1.10 bits per heavy atom. The molecule has 170 valence electrons. The van der Waals surface area contributed by atoms with Crippen molar-refractivity contribution in [1.29, 1.82) is 0 Å². The monoisotopic (exact) mass is 550 g/mol. The topological polar surface area (TPSA) is 79.0 Å². The molecule has 0 aliphatic carbocycles. The van der Waals surface area contributed by atoms with Crippen LogP contribution in [0, 0.1) is 0 Å². The van der Waals surface area contributed by atoms with Crippen molar-refractivity contribution >= 4 is 35.8 Å². The highest BCUT2D eigenvalue weighted by Crippen LogP contribution is 2.22. The van der Waals surface area contributed by atoms with Gasteiger partial charge in [0.1, 0.15) is 11.6 Å². The molecule has 1 aliphatic heterocycles. The van der Waals surface area contributed by atoms with Gasteiger partial charge in [0, 0.05) is 38.9 Å². The standard InChI is InChI=1S/C20H25F3N6O.HI/c1-28-8-10-29(11-9-28)18-7-4-16(13-25-18)14-27-19(24)26-12-15-2-5-17(6-3-15)30-20(21,22)23;/h2-7,13H,8-12,14H2,1H3,(H3,24,26,27);1H. The number of nitrogens with one attached hydrogen (secondary N) is 1. The average Bonchev–Trinajstić information content (AvgIpc) is 2.72. The minimum absolute atomic E-state index is 0. The summed E-state index contributed by atoms with van der Waals surface area (Å²) in [5.74, 6) is 0.939. The van der Waals surface area contributed by atoms with E-state index in [-0.39, 0.29) is 35.7 Å². The van der Waals surface area contributed by atoms with Crippen molar-refractivity contribution in [2.24, 2.45) is 10.7 Å². The Bertz CT molecular complexity index is 837. The largest absolute Gasteiger partial charge is 0.573 e. The maximum Gasteiger partial charge on any atom is 0.573 e. The molecule has 0 bridgehead atoms. The van der Waals surface area contributed by atoms with Crippen LogP contribution in [0.2, 0.25) is 0 Å². The first-order valence-electron chi connectivity index (χ1n) is 9.55. The highest BCUT2D eigenvalue weighted by Gasteiger charge is 2.30. The van der Waals surface area contributed by atoms with E-state index in [0.717, 1.165) is 43.1 Å². The van der Waals surface area contributed by atoms with Crippen LogP contribution in [0.1, 0.15) is 11.1 Å². The SMILES string of the molecule is CN1CCN(c2ccc(CN=C(N)NCc3ccc(OC(F)(F)F)cc3)cn2)CC1.I. The van der Waals surface area contributed by atoms with E-state index in [4.69, 9.17) is 5.73 Å². The van der Waals surface area contributed by atoms with Gasteiger partial charge in [-0.05, 0) is 36.4 Å². The number of nitrogens with two attached hydrogens (primary N) is 1. The van der Waals surface area contributed by atoms with Crippen molar-refractivity contribution in [3.8, 4) is 5.75 Å². The van der Waals surface area contributed by atoms with E-state index >= 15 is 0 Å². The van der Waals surface area contributed by atoms with E-state index in [1.807, 2.05) is 12.1 Å². The summed E-state index contributed by atoms with van der Waals surface area (Å²) in [7, 11) is 2.11. The van der Waals surface area contributed by atoms with E-state index in [1.54, 1.807) is 6.20 Å². The Morgan fingerprint density at radius 3 is 2.32 bits per heavy atom. The Labute approximate surface area is 196 Å². The number of nitrogens with zero attached hydrogens (tertiary/aromatic N) is 4. The summed E-state index contributed by atoms with van der Waals surface area (Å²) in [6.45, 7) is 4.68. The van der Waals surface area contributed by atoms with Crippen LogP contribution in [0.15, 0.2) is 47.6 Å². The number of aromatic nitrogens is 1. The molecule has 2 heterocycles. The maximum absolute atomic E-state index is 12.2. The van der Waals surface area contributed by atoms with E-state index in [0.29, 0.717) is 13.1 Å². The molecule has 0 unspecified atom stereocenters. The molecule has 1 fully saturated rings. The van der Waals surface area contributed by atoms with Crippen molar-refractivity contribution in [3.05, 3.63) is 53.7 Å². The molecule has 0 radical (unpaired) electrons. The molecule has 2 aromatic rings. The lowest BCUT2D eigenvalue weighted by Gasteiger charge is -2.33. The number of hydrogen-bond donors (Lipinski definition) is 2. The number of hydrogen-bond acceptors (Lipinski definition) is 5. The summed E-state index contributed by atoms with van der Waals surface area (Å²) in [6.07, 6.45) is -2.90. The first-order valence-corrected chi connectivity index (χ1v) is 9.55. The van der Waals surface area contributed by atoms with Crippen LogP contribution in [0.3, 0.4) is 0 Å². The van der Waals surface area contributed by atoms with Gasteiger partial charge in [0.15, 0.2) is 5.96 Å². The molecule has 1 saturated heterocycles. The van der Waals surface area contributed by atoms with Crippen molar-refractivity contribution in [3.63, 3.8) is 0 Å². The summed E-state index contributed by atoms with van der Waals surface area (Å²) >= 11 is 0. The third kappa shape index (κ3) is 8.40. The molecule has 0 spiro atoms. The van der Waals surface area contributed by atoms with Gasteiger partial charge in [-0.3, -0.25) is 0 Å². The number of anilines is 1. The molecule has 3 N–H and O–H groups in total. The summed E-state index contributed by atoms with van der Waals surface area (Å²) in [5, 5.41) is 2.94. The smallest absolute Gasteiger partial charge is 0.406 e. The Morgan fingerprint density at radius 2 is 1.74 bits per heavy atom. The van der Waals surface area contributed by atoms with Gasteiger partial charge in [0.25, 0.3) is 0 Å². The fourth-order valence-electron chi connectivity index (χ4n) is 2.97. The Kier molecular flexibility index (Phi) is 9.16. The fraction of sp³-hybridized carbons (Fsp3) is 0.400. The summed E-state index contributed by atoms with van der Waals surface area (Å²) in [4.78, 5) is 13.3. The van der Waals surface area contributed by atoms with E-state index < -0.39 is 6.36 Å². The van der Waals surface area contributed by atoms with Crippen LogP contribution in [0.4, 0.5) is 19.0 Å². The highest BCUT2D eigenvalue weighted by atomic mass is 127. The van der Waals surface area contributed by atoms with Crippen LogP contribution in [0.25, 0.3) is 0 Å². The normalized spacial score (nSPS) is 15.4. The summed E-state index contributed by atoms with van der Waals surface area (Å²) < 4.78 is 40.4. The van der Waals surface area contributed by atoms with Crippen molar-refractivity contribution in [2.75, 3.05) is 38.1 Å². The zero-order chi connectivity index (χ0) is 21.6. The molecule has 1 aliphatic rings. The molecule has 11 heteroatoms. The van der Waals surface area contributed by atoms with Gasteiger partial charge in [-0.25, -0.2) is 9.98 Å². The average molecular weight is 550 g/mol. The number of alkyl halides is 3. The second-order valence-corrected chi connectivity index (χ2v) is 7.06. The van der Waals surface area contributed by atoms with Crippen LogP contribution < -0.4 is 20.7 Å². The second-order valence-electron chi connectivity index (χ2n) is 7.06. The number of aliphatic imine (C=N–C) groups is 1. The molecule has 1 aromatic carbocycles. The molecule has 31 heavy (non-hydrogen) atoms. The molecule has 7 nitrogen and oxygen atoms in total. The van der Waals surface area contributed by atoms with Gasteiger partial charge >= 0.3 is 6.36 Å². The van der Waals surface area contributed by atoms with Crippen LogP contribution in [-0.4, -0.2) is 55.4 Å². The van der Waals surface area contributed by atoms with Gasteiger partial charge in [-0.2, -0.15) is 0 Å². The molecule has 1 aromatic heterocycles. The number of benzene rings is 1. The lowest BCUT2D eigenvalue weighted by Crippen LogP contribution is -2.44. The molecular formula is C20H26F3IN6O. The third-order valence-corrected chi connectivity index (χ3v) is 4.70. The fourth-order valence-corrected chi connectivity index (χ4v) is 2.97. The Hall–Kier alpha value is -2.28. The van der Waals surface area contributed by atoms with Gasteiger partial charge in [0.05, 0.1) is 6.54 Å². The van der Waals surface area contributed by atoms with Gasteiger partial charge in [-0.1, -0.05) is 18.2 Å². The number of rotatable bonds is 6. The van der Waals surface area contributed by atoms with Gasteiger partial charge in [0.2, 0.25) is 0 Å². The van der Waals surface area contributed by atoms with Gasteiger partial charge in [-0.15, -0.1) is 37.1 Å². The van der Waals surface area contributed by atoms with Crippen LogP contribution in [0.5, 0.6) is 5.75 Å². The third-order valence-electron chi connectivity index (χ3n) is 4.70. The predicted octanol–water partition coefficient (Wildman–Crippen LogP) is 2.95. The number of likely N-dealkylation sites (N-methyl/N-ethyl adjacent to an activating group) is 1. The minimum atomic E-state index is -4.70. The number of guanidine groups is 1. The van der Waals surface area contributed by atoms with Crippen LogP contribution in [-0.2, 0) is 13.1 Å². The molecule has 0 amide bonds. The number of pyridine rings is 1. The van der Waals surface area contributed by atoms with Crippen molar-refractivity contribution in [1.82, 2.24) is 15.2 Å². The number of halogens is 4. The quantitative estimate of drug-likeness (QED) is 0.327. The maximum atomic E-state index is 12.2. The van der Waals surface area contributed by atoms with Gasteiger partial charge < -0.3 is 25.6 Å². The van der Waals surface area contributed by atoms with Crippen molar-refractivity contribution in [2.45, 2.75) is 19.5 Å². The van der Waals surface area contributed by atoms with Crippen LogP contribution >= 0.6 is 24.0 Å².